The summed E-state index contributed by atoms with van der Waals surface area (Å²) in [5, 5.41) is 9.86. The van der Waals surface area contributed by atoms with Crippen molar-refractivity contribution in [2.45, 2.75) is 53.0 Å². The van der Waals surface area contributed by atoms with Crippen LogP contribution in [0.1, 0.15) is 57.5 Å². The molecule has 1 heterocycles. The highest BCUT2D eigenvalue weighted by Crippen LogP contribution is 2.26. The SMILES string of the molecule is Cc1cc(NC(=O)CN[C@H](c2ccc(C(C)(C)C)cc2)C(C)C)no1. The predicted octanol–water partition coefficient (Wildman–Crippen LogP) is 4.21. The van der Waals surface area contributed by atoms with Crippen LogP contribution in [-0.4, -0.2) is 17.6 Å². The van der Waals surface area contributed by atoms with Crippen molar-refractivity contribution in [2.24, 2.45) is 5.92 Å². The summed E-state index contributed by atoms with van der Waals surface area (Å²) in [5.41, 5.74) is 2.63. The molecule has 0 aliphatic rings. The van der Waals surface area contributed by atoms with Gasteiger partial charge in [0.15, 0.2) is 5.82 Å². The average Bonchev–Trinajstić information content (AvgIpc) is 2.91. The lowest BCUT2D eigenvalue weighted by atomic mass is 9.85. The third-order valence-electron chi connectivity index (χ3n) is 4.18. The van der Waals surface area contributed by atoms with Gasteiger partial charge in [0, 0.05) is 12.1 Å². The number of hydrogen-bond acceptors (Lipinski definition) is 4. The van der Waals surface area contributed by atoms with E-state index in [0.717, 1.165) is 0 Å². The first kappa shape index (κ1) is 19.2. The molecule has 136 valence electrons. The highest BCUT2D eigenvalue weighted by atomic mass is 16.5. The fourth-order valence-electron chi connectivity index (χ4n) is 2.74. The summed E-state index contributed by atoms with van der Waals surface area (Å²) >= 11 is 0. The normalized spacial score (nSPS) is 13.1. The van der Waals surface area contributed by atoms with Crippen LogP contribution in [0.2, 0.25) is 0 Å². The number of aryl methyl sites for hydroxylation is 1. The number of rotatable bonds is 6. The van der Waals surface area contributed by atoms with Gasteiger partial charge in [-0.05, 0) is 29.4 Å². The van der Waals surface area contributed by atoms with Crippen molar-refractivity contribution in [3.05, 3.63) is 47.2 Å². The van der Waals surface area contributed by atoms with Gasteiger partial charge in [-0.1, -0.05) is 64.0 Å². The van der Waals surface area contributed by atoms with Crippen LogP contribution in [0.15, 0.2) is 34.9 Å². The Labute approximate surface area is 150 Å². The molecule has 1 aromatic carbocycles. The Kier molecular flexibility index (Phi) is 6.01. The van der Waals surface area contributed by atoms with Gasteiger partial charge < -0.3 is 15.2 Å². The van der Waals surface area contributed by atoms with Gasteiger partial charge in [0.2, 0.25) is 5.91 Å². The molecule has 1 atom stereocenters. The van der Waals surface area contributed by atoms with E-state index in [1.807, 2.05) is 0 Å². The lowest BCUT2D eigenvalue weighted by Gasteiger charge is -2.24. The molecule has 5 nitrogen and oxygen atoms in total. The largest absolute Gasteiger partial charge is 0.360 e. The first-order valence-electron chi connectivity index (χ1n) is 8.74. The van der Waals surface area contributed by atoms with Gasteiger partial charge >= 0.3 is 0 Å². The number of carbonyl (C=O) groups excluding carboxylic acids is 1. The summed E-state index contributed by atoms with van der Waals surface area (Å²) in [6, 6.07) is 10.4. The second-order valence-corrected chi connectivity index (χ2v) is 7.85. The van der Waals surface area contributed by atoms with Crippen molar-refractivity contribution in [1.82, 2.24) is 10.5 Å². The molecule has 25 heavy (non-hydrogen) atoms. The van der Waals surface area contributed by atoms with Crippen molar-refractivity contribution >= 4 is 11.7 Å². The summed E-state index contributed by atoms with van der Waals surface area (Å²) < 4.78 is 4.95. The molecule has 0 aliphatic heterocycles. The van der Waals surface area contributed by atoms with Crippen LogP contribution in [0.3, 0.4) is 0 Å². The number of carbonyl (C=O) groups is 1. The average molecular weight is 343 g/mol. The van der Waals surface area contributed by atoms with Crippen LogP contribution in [0.4, 0.5) is 5.82 Å². The Morgan fingerprint density at radius 2 is 1.84 bits per heavy atom. The van der Waals surface area contributed by atoms with E-state index >= 15 is 0 Å². The van der Waals surface area contributed by atoms with Crippen LogP contribution >= 0.6 is 0 Å². The lowest BCUT2D eigenvalue weighted by molar-refractivity contribution is -0.115. The Balaban J connectivity index is 1.99. The zero-order valence-electron chi connectivity index (χ0n) is 16.0. The van der Waals surface area contributed by atoms with Crippen molar-refractivity contribution in [1.29, 1.82) is 0 Å². The summed E-state index contributed by atoms with van der Waals surface area (Å²) in [6.45, 7) is 12.9. The summed E-state index contributed by atoms with van der Waals surface area (Å²) in [4.78, 5) is 12.1. The minimum atomic E-state index is -0.134. The molecule has 1 aromatic heterocycles. The molecular weight excluding hydrogens is 314 g/mol. The topological polar surface area (TPSA) is 67.2 Å². The number of aromatic nitrogens is 1. The molecule has 0 bridgehead atoms. The number of hydrogen-bond donors (Lipinski definition) is 2. The first-order chi connectivity index (χ1) is 11.7. The molecule has 2 rings (SSSR count). The minimum absolute atomic E-state index is 0.110. The van der Waals surface area contributed by atoms with Crippen LogP contribution < -0.4 is 10.6 Å². The van der Waals surface area contributed by atoms with Gasteiger partial charge in [-0.2, -0.15) is 0 Å². The van der Waals surface area contributed by atoms with Gasteiger partial charge in [0.1, 0.15) is 5.76 Å². The van der Waals surface area contributed by atoms with Gasteiger partial charge in [-0.25, -0.2) is 0 Å². The summed E-state index contributed by atoms with van der Waals surface area (Å²) in [6.07, 6.45) is 0. The quantitative estimate of drug-likeness (QED) is 0.824. The Morgan fingerprint density at radius 1 is 1.20 bits per heavy atom. The fraction of sp³-hybridized carbons (Fsp3) is 0.500. The highest BCUT2D eigenvalue weighted by Gasteiger charge is 2.19. The van der Waals surface area contributed by atoms with E-state index in [9.17, 15) is 4.79 Å². The Bertz CT molecular complexity index is 696. The van der Waals surface area contributed by atoms with Gasteiger partial charge in [-0.15, -0.1) is 0 Å². The van der Waals surface area contributed by atoms with Gasteiger partial charge in [-0.3, -0.25) is 4.79 Å². The zero-order valence-corrected chi connectivity index (χ0v) is 16.0. The molecule has 0 saturated carbocycles. The maximum absolute atomic E-state index is 12.1. The summed E-state index contributed by atoms with van der Waals surface area (Å²) in [5.74, 6) is 1.34. The monoisotopic (exact) mass is 343 g/mol. The van der Waals surface area contributed by atoms with Crippen molar-refractivity contribution in [3.8, 4) is 0 Å². The molecule has 0 unspecified atom stereocenters. The molecule has 1 amide bonds. The molecule has 5 heteroatoms. The third kappa shape index (κ3) is 5.43. The van der Waals surface area contributed by atoms with E-state index in [0.29, 0.717) is 17.5 Å². The first-order valence-corrected chi connectivity index (χ1v) is 8.74. The van der Waals surface area contributed by atoms with Crippen LogP contribution in [0.5, 0.6) is 0 Å². The van der Waals surface area contributed by atoms with Crippen molar-refractivity contribution < 1.29 is 9.32 Å². The zero-order chi connectivity index (χ0) is 18.6. The highest BCUT2D eigenvalue weighted by molar-refractivity contribution is 5.91. The fourth-order valence-corrected chi connectivity index (χ4v) is 2.74. The molecule has 2 N–H and O–H groups in total. The van der Waals surface area contributed by atoms with E-state index < -0.39 is 0 Å². The predicted molar refractivity (Wildman–Crippen MR) is 101 cm³/mol. The van der Waals surface area contributed by atoms with Gasteiger partial charge in [0.05, 0.1) is 6.54 Å². The van der Waals surface area contributed by atoms with E-state index in [1.54, 1.807) is 13.0 Å². The second kappa shape index (κ2) is 7.83. The maximum atomic E-state index is 12.1. The summed E-state index contributed by atoms with van der Waals surface area (Å²) in [7, 11) is 0. The number of nitrogens with zero attached hydrogens (tertiary/aromatic N) is 1. The van der Waals surface area contributed by atoms with Crippen molar-refractivity contribution in [3.63, 3.8) is 0 Å². The van der Waals surface area contributed by atoms with Crippen molar-refractivity contribution in [2.75, 3.05) is 11.9 Å². The van der Waals surface area contributed by atoms with E-state index in [1.165, 1.54) is 11.1 Å². The maximum Gasteiger partial charge on any atom is 0.239 e. The second-order valence-electron chi connectivity index (χ2n) is 7.85. The molecule has 0 radical (unpaired) electrons. The molecule has 0 saturated heterocycles. The standard InChI is InChI=1S/C20H29N3O2/c1-13(2)19(15-7-9-16(10-8-15)20(4,5)6)21-12-18(24)22-17-11-14(3)25-23-17/h7-11,13,19,21H,12H2,1-6H3,(H,22,23,24)/t19-/m0/s1. The molecule has 0 aliphatic carbocycles. The number of amides is 1. The van der Waals surface area contributed by atoms with E-state index in [2.05, 4.69) is 74.7 Å². The minimum Gasteiger partial charge on any atom is -0.360 e. The Morgan fingerprint density at radius 3 is 2.32 bits per heavy atom. The Hall–Kier alpha value is -2.14. The van der Waals surface area contributed by atoms with Crippen LogP contribution in [-0.2, 0) is 10.2 Å². The van der Waals surface area contributed by atoms with Crippen LogP contribution in [0, 0.1) is 12.8 Å². The smallest absolute Gasteiger partial charge is 0.239 e. The molecule has 0 spiro atoms. The molecular formula is C20H29N3O2. The lowest BCUT2D eigenvalue weighted by Crippen LogP contribution is -2.33. The molecule has 2 aromatic rings. The van der Waals surface area contributed by atoms with Crippen LogP contribution in [0.25, 0.3) is 0 Å². The number of nitrogens with one attached hydrogen (secondary N) is 2. The third-order valence-corrected chi connectivity index (χ3v) is 4.18. The van der Waals surface area contributed by atoms with Gasteiger partial charge in [0.25, 0.3) is 0 Å². The van der Waals surface area contributed by atoms with E-state index in [-0.39, 0.29) is 23.9 Å². The number of anilines is 1. The number of benzene rings is 1. The van der Waals surface area contributed by atoms with E-state index in [4.69, 9.17) is 4.52 Å². The molecule has 0 fully saturated rings.